The Labute approximate surface area is 122 Å². The zero-order valence-corrected chi connectivity index (χ0v) is 12.2. The van der Waals surface area contributed by atoms with Crippen LogP contribution in [0.1, 0.15) is 12.6 Å². The van der Waals surface area contributed by atoms with Gasteiger partial charge in [0.1, 0.15) is 10.9 Å². The molecule has 0 unspecified atom stereocenters. The average molecular weight is 295 g/mol. The summed E-state index contributed by atoms with van der Waals surface area (Å²) in [6, 6.07) is 11.3. The van der Waals surface area contributed by atoms with Gasteiger partial charge < -0.3 is 10.5 Å². The van der Waals surface area contributed by atoms with Gasteiger partial charge in [0.2, 0.25) is 0 Å². The van der Waals surface area contributed by atoms with Crippen LogP contribution in [0.15, 0.2) is 41.3 Å². The maximum atomic E-state index is 5.96. The van der Waals surface area contributed by atoms with Gasteiger partial charge in [0.15, 0.2) is 0 Å². The van der Waals surface area contributed by atoms with E-state index in [1.54, 1.807) is 17.8 Å². The summed E-state index contributed by atoms with van der Waals surface area (Å²) in [5, 5.41) is 0.508. The van der Waals surface area contributed by atoms with Gasteiger partial charge in [-0.3, -0.25) is 0 Å². The van der Waals surface area contributed by atoms with Crippen LogP contribution >= 0.6 is 23.4 Å². The molecule has 1 heterocycles. The lowest BCUT2D eigenvalue weighted by Crippen LogP contribution is -1.94. The molecular formula is C14H15ClN2OS. The lowest BCUT2D eigenvalue weighted by Gasteiger charge is -2.09. The number of pyridine rings is 1. The monoisotopic (exact) mass is 294 g/mol. The number of ether oxygens (including phenoxy) is 1. The van der Waals surface area contributed by atoms with E-state index in [-0.39, 0.29) is 0 Å². The van der Waals surface area contributed by atoms with Crippen LogP contribution in [0.4, 0.5) is 5.69 Å². The van der Waals surface area contributed by atoms with Crippen molar-refractivity contribution >= 4 is 29.1 Å². The molecule has 0 atom stereocenters. The van der Waals surface area contributed by atoms with Crippen molar-refractivity contribution in [2.24, 2.45) is 0 Å². The van der Waals surface area contributed by atoms with Crippen molar-refractivity contribution in [3.8, 4) is 5.75 Å². The molecule has 2 N–H and O–H groups in total. The van der Waals surface area contributed by atoms with Crippen LogP contribution in [-0.2, 0) is 5.75 Å². The fraction of sp³-hybridized carbons (Fsp3) is 0.214. The first kappa shape index (κ1) is 14.0. The van der Waals surface area contributed by atoms with Crippen molar-refractivity contribution in [1.29, 1.82) is 0 Å². The molecule has 100 valence electrons. The summed E-state index contributed by atoms with van der Waals surface area (Å²) < 4.78 is 5.47. The van der Waals surface area contributed by atoms with Gasteiger partial charge in [0.25, 0.3) is 0 Å². The largest absolute Gasteiger partial charge is 0.494 e. The van der Waals surface area contributed by atoms with Crippen molar-refractivity contribution in [3.05, 3.63) is 47.2 Å². The Bertz CT molecular complexity index is 563. The number of aromatic nitrogens is 1. The Balaban J connectivity index is 2.08. The third-order valence-electron chi connectivity index (χ3n) is 2.44. The summed E-state index contributed by atoms with van der Waals surface area (Å²) in [6.07, 6.45) is 0. The molecule has 0 saturated heterocycles. The van der Waals surface area contributed by atoms with Crippen molar-refractivity contribution in [1.82, 2.24) is 4.98 Å². The van der Waals surface area contributed by atoms with Crippen LogP contribution in [0, 0.1) is 0 Å². The van der Waals surface area contributed by atoms with E-state index in [2.05, 4.69) is 4.98 Å². The second kappa shape index (κ2) is 6.68. The summed E-state index contributed by atoms with van der Waals surface area (Å²) in [7, 11) is 0. The van der Waals surface area contributed by atoms with Crippen LogP contribution in [0.5, 0.6) is 5.75 Å². The van der Waals surface area contributed by atoms with Crippen LogP contribution in [0.25, 0.3) is 0 Å². The number of halogens is 1. The van der Waals surface area contributed by atoms with Gasteiger partial charge >= 0.3 is 0 Å². The summed E-state index contributed by atoms with van der Waals surface area (Å²) in [5.74, 6) is 1.55. The van der Waals surface area contributed by atoms with Crippen molar-refractivity contribution < 1.29 is 4.74 Å². The first-order valence-corrected chi connectivity index (χ1v) is 7.32. The maximum Gasteiger partial charge on any atom is 0.129 e. The fourth-order valence-corrected chi connectivity index (χ4v) is 2.66. The third kappa shape index (κ3) is 4.04. The molecule has 1 aromatic carbocycles. The Morgan fingerprint density at radius 2 is 2.16 bits per heavy atom. The number of nitrogen functional groups attached to an aromatic ring is 1. The Hall–Kier alpha value is -1.39. The molecule has 0 radical (unpaired) electrons. The topological polar surface area (TPSA) is 48.1 Å². The molecule has 0 aliphatic rings. The quantitative estimate of drug-likeness (QED) is 0.514. The highest BCUT2D eigenvalue weighted by Gasteiger charge is 2.04. The van der Waals surface area contributed by atoms with E-state index in [4.69, 9.17) is 22.1 Å². The summed E-state index contributed by atoms with van der Waals surface area (Å²) in [6.45, 7) is 2.60. The molecular weight excluding hydrogens is 280 g/mol. The second-order valence-corrected chi connectivity index (χ2v) is 5.28. The van der Waals surface area contributed by atoms with E-state index in [1.807, 2.05) is 37.3 Å². The van der Waals surface area contributed by atoms with Gasteiger partial charge in [-0.1, -0.05) is 17.7 Å². The molecule has 0 amide bonds. The molecule has 0 fully saturated rings. The standard InChI is InChI=1S/C14H15ClN2OS/c1-2-18-11-6-7-12(16)13(8-11)19-9-10-4-3-5-14(15)17-10/h3-8H,2,9,16H2,1H3. The smallest absolute Gasteiger partial charge is 0.129 e. The zero-order chi connectivity index (χ0) is 13.7. The van der Waals surface area contributed by atoms with Crippen LogP contribution in [-0.4, -0.2) is 11.6 Å². The highest BCUT2D eigenvalue weighted by molar-refractivity contribution is 7.98. The lowest BCUT2D eigenvalue weighted by molar-refractivity contribution is 0.339. The number of benzene rings is 1. The lowest BCUT2D eigenvalue weighted by atomic mass is 10.3. The molecule has 0 aliphatic heterocycles. The van der Waals surface area contributed by atoms with Crippen molar-refractivity contribution in [3.63, 3.8) is 0 Å². The van der Waals surface area contributed by atoms with Crippen LogP contribution in [0.3, 0.4) is 0 Å². The minimum Gasteiger partial charge on any atom is -0.494 e. The van der Waals surface area contributed by atoms with E-state index in [0.717, 1.165) is 27.8 Å². The number of nitrogens with zero attached hydrogens (tertiary/aromatic N) is 1. The average Bonchev–Trinajstić information content (AvgIpc) is 2.40. The normalized spacial score (nSPS) is 10.4. The molecule has 19 heavy (non-hydrogen) atoms. The van der Waals surface area contributed by atoms with Gasteiger partial charge in [0, 0.05) is 16.3 Å². The first-order chi connectivity index (χ1) is 9.19. The fourth-order valence-electron chi connectivity index (χ4n) is 1.58. The number of nitrogens with two attached hydrogens (primary N) is 1. The van der Waals surface area contributed by atoms with Gasteiger partial charge in [0.05, 0.1) is 12.3 Å². The Morgan fingerprint density at radius 3 is 2.89 bits per heavy atom. The SMILES string of the molecule is CCOc1ccc(N)c(SCc2cccc(Cl)n2)c1. The number of thioether (sulfide) groups is 1. The Kier molecular flexibility index (Phi) is 4.93. The van der Waals surface area contributed by atoms with E-state index >= 15 is 0 Å². The van der Waals surface area contributed by atoms with Crippen molar-refractivity contribution in [2.45, 2.75) is 17.6 Å². The Morgan fingerprint density at radius 1 is 1.32 bits per heavy atom. The molecule has 0 saturated carbocycles. The molecule has 5 heteroatoms. The minimum atomic E-state index is 0.508. The highest BCUT2D eigenvalue weighted by atomic mass is 35.5. The molecule has 0 bridgehead atoms. The summed E-state index contributed by atoms with van der Waals surface area (Å²) >= 11 is 7.48. The minimum absolute atomic E-state index is 0.508. The molecule has 0 spiro atoms. The van der Waals surface area contributed by atoms with Crippen molar-refractivity contribution in [2.75, 3.05) is 12.3 Å². The molecule has 2 rings (SSSR count). The number of anilines is 1. The second-order valence-electron chi connectivity index (χ2n) is 3.87. The van der Waals surface area contributed by atoms with Gasteiger partial charge in [-0.2, -0.15) is 0 Å². The number of hydrogen-bond donors (Lipinski definition) is 1. The van der Waals surface area contributed by atoms with E-state index in [9.17, 15) is 0 Å². The summed E-state index contributed by atoms with van der Waals surface area (Å²) in [4.78, 5) is 5.24. The zero-order valence-electron chi connectivity index (χ0n) is 10.6. The highest BCUT2D eigenvalue weighted by Crippen LogP contribution is 2.31. The van der Waals surface area contributed by atoms with Crippen LogP contribution < -0.4 is 10.5 Å². The summed E-state index contributed by atoms with van der Waals surface area (Å²) in [5.41, 5.74) is 7.63. The first-order valence-electron chi connectivity index (χ1n) is 5.95. The number of rotatable bonds is 5. The molecule has 1 aromatic heterocycles. The van der Waals surface area contributed by atoms with Gasteiger partial charge in [-0.15, -0.1) is 11.8 Å². The molecule has 2 aromatic rings. The van der Waals surface area contributed by atoms with E-state index in [1.165, 1.54) is 0 Å². The van der Waals surface area contributed by atoms with Crippen LogP contribution in [0.2, 0.25) is 5.15 Å². The predicted octanol–water partition coefficient (Wildman–Crippen LogP) is 4.01. The number of hydrogen-bond acceptors (Lipinski definition) is 4. The van der Waals surface area contributed by atoms with Gasteiger partial charge in [-0.25, -0.2) is 4.98 Å². The third-order valence-corrected chi connectivity index (χ3v) is 3.76. The van der Waals surface area contributed by atoms with Gasteiger partial charge in [-0.05, 0) is 37.3 Å². The maximum absolute atomic E-state index is 5.96. The van der Waals surface area contributed by atoms with E-state index in [0.29, 0.717) is 11.8 Å². The molecule has 0 aliphatic carbocycles. The van der Waals surface area contributed by atoms with E-state index < -0.39 is 0 Å². The molecule has 3 nitrogen and oxygen atoms in total. The predicted molar refractivity (Wildman–Crippen MR) is 80.8 cm³/mol.